The van der Waals surface area contributed by atoms with Gasteiger partial charge in [0.05, 0.1) is 0 Å². The van der Waals surface area contributed by atoms with Crippen LogP contribution in [-0.2, 0) is 0 Å². The highest BCUT2D eigenvalue weighted by Crippen LogP contribution is 1.98. The van der Waals surface area contributed by atoms with E-state index in [0.717, 1.165) is 0 Å². The average Bonchev–Trinajstić information content (AvgIpc) is 1.19. The van der Waals surface area contributed by atoms with Crippen molar-refractivity contribution in [2.45, 2.75) is 6.30 Å². The van der Waals surface area contributed by atoms with Gasteiger partial charge in [-0.15, -0.1) is 13.2 Å². The summed E-state index contributed by atoms with van der Waals surface area (Å²) in [6.45, 7) is 0. The molecule has 0 aliphatic heterocycles. The fraction of sp³-hybridized carbons (Fsp3) is 0.500. The summed E-state index contributed by atoms with van der Waals surface area (Å²) in [7, 11) is 0. The predicted molar refractivity (Wildman–Crippen MR) is 25.0 cm³/mol. The second kappa shape index (κ2) is 3.96. The SMILES string of the molecule is N=C(N)N.[NH3+]C(F)(F)F. The van der Waals surface area contributed by atoms with Crippen LogP contribution in [0.25, 0.3) is 0 Å². The highest BCUT2D eigenvalue weighted by atomic mass is 19.4. The number of rotatable bonds is 0. The first-order chi connectivity index (χ1) is 3.73. The Morgan fingerprint density at radius 2 is 1.33 bits per heavy atom. The van der Waals surface area contributed by atoms with Gasteiger partial charge in [0, 0.05) is 0 Å². The summed E-state index contributed by atoms with van der Waals surface area (Å²) in [5, 5.41) is 6.06. The summed E-state index contributed by atoms with van der Waals surface area (Å²) in [5.41, 5.74) is 10.7. The summed E-state index contributed by atoms with van der Waals surface area (Å²) >= 11 is 0. The maximum absolute atomic E-state index is 10.2. The Morgan fingerprint density at radius 1 is 1.33 bits per heavy atom. The number of nitrogens with two attached hydrogens (primary N) is 2. The number of halogens is 3. The lowest BCUT2D eigenvalue weighted by atomic mass is 11.1. The van der Waals surface area contributed by atoms with Gasteiger partial charge in [0.15, 0.2) is 5.96 Å². The summed E-state index contributed by atoms with van der Waals surface area (Å²) in [6, 6.07) is 0. The van der Waals surface area contributed by atoms with Gasteiger partial charge in [-0.25, -0.2) is 0 Å². The molecule has 4 nitrogen and oxygen atoms in total. The summed E-state index contributed by atoms with van der Waals surface area (Å²) in [5.74, 6) is -0.333. The van der Waals surface area contributed by atoms with Gasteiger partial charge < -0.3 is 11.5 Å². The van der Waals surface area contributed by atoms with Gasteiger partial charge in [-0.1, -0.05) is 0 Å². The van der Waals surface area contributed by atoms with Gasteiger partial charge in [-0.05, 0) is 0 Å². The number of guanidine groups is 1. The van der Waals surface area contributed by atoms with E-state index in [2.05, 4.69) is 11.5 Å². The van der Waals surface area contributed by atoms with Crippen LogP contribution in [0.1, 0.15) is 0 Å². The fourth-order valence-electron chi connectivity index (χ4n) is 0. The highest BCUT2D eigenvalue weighted by Gasteiger charge is 2.23. The van der Waals surface area contributed by atoms with Gasteiger partial charge in [-0.2, -0.15) is 0 Å². The topological polar surface area (TPSA) is 104 Å². The maximum atomic E-state index is 10.2. The molecule has 0 radical (unpaired) electrons. The molecule has 0 amide bonds. The second-order valence-electron chi connectivity index (χ2n) is 1.07. The van der Waals surface area contributed by atoms with Crippen molar-refractivity contribution >= 4 is 5.96 Å². The Balaban J connectivity index is 0. The van der Waals surface area contributed by atoms with E-state index in [4.69, 9.17) is 5.41 Å². The van der Waals surface area contributed by atoms with E-state index in [9.17, 15) is 13.2 Å². The first kappa shape index (κ1) is 10.9. The Hall–Kier alpha value is -0.980. The number of nitrogens with one attached hydrogen (secondary N) is 1. The van der Waals surface area contributed by atoms with Gasteiger partial charge in [-0.3, -0.25) is 11.1 Å². The van der Waals surface area contributed by atoms with E-state index in [1.165, 1.54) is 0 Å². The van der Waals surface area contributed by atoms with Crippen molar-refractivity contribution in [2.75, 3.05) is 0 Å². The molecule has 0 saturated heterocycles. The van der Waals surface area contributed by atoms with Crippen LogP contribution in [0.2, 0.25) is 0 Å². The summed E-state index contributed by atoms with van der Waals surface area (Å²) in [4.78, 5) is 0. The molecule has 0 unspecified atom stereocenters. The van der Waals surface area contributed by atoms with Gasteiger partial charge in [0.2, 0.25) is 0 Å². The van der Waals surface area contributed by atoms with E-state index >= 15 is 0 Å². The van der Waals surface area contributed by atoms with Crippen molar-refractivity contribution < 1.29 is 18.9 Å². The van der Waals surface area contributed by atoms with Crippen LogP contribution in [0.4, 0.5) is 13.2 Å². The molecular weight excluding hydrogens is 137 g/mol. The van der Waals surface area contributed by atoms with Crippen molar-refractivity contribution in [3.8, 4) is 0 Å². The average molecular weight is 145 g/mol. The normalized spacial score (nSPS) is 9.33. The zero-order chi connectivity index (χ0) is 8.08. The number of quaternary nitrogens is 1. The number of hydrogen-bond acceptors (Lipinski definition) is 1. The Morgan fingerprint density at radius 3 is 1.33 bits per heavy atom. The van der Waals surface area contributed by atoms with Crippen LogP contribution in [0.3, 0.4) is 0 Å². The fourth-order valence-corrected chi connectivity index (χ4v) is 0. The van der Waals surface area contributed by atoms with Crippen LogP contribution in [-0.4, -0.2) is 12.3 Å². The van der Waals surface area contributed by atoms with Crippen LogP contribution in [0, 0.1) is 5.41 Å². The van der Waals surface area contributed by atoms with E-state index in [1.807, 2.05) is 0 Å². The molecule has 0 aromatic rings. The quantitative estimate of drug-likeness (QED) is 0.191. The third-order valence-corrected chi connectivity index (χ3v) is 0. The maximum Gasteiger partial charge on any atom is 0.556 e. The van der Waals surface area contributed by atoms with Crippen molar-refractivity contribution in [1.29, 1.82) is 5.41 Å². The van der Waals surface area contributed by atoms with Crippen LogP contribution < -0.4 is 17.2 Å². The van der Waals surface area contributed by atoms with Gasteiger partial charge in [0.1, 0.15) is 0 Å². The third kappa shape index (κ3) is 184. The zero-order valence-electron chi connectivity index (χ0n) is 4.50. The van der Waals surface area contributed by atoms with E-state index < -0.39 is 6.30 Å². The molecule has 0 atom stereocenters. The van der Waals surface area contributed by atoms with E-state index in [0.29, 0.717) is 0 Å². The lowest BCUT2D eigenvalue weighted by Crippen LogP contribution is -2.64. The molecule has 9 heavy (non-hydrogen) atoms. The molecular formula is C2H8F3N4+. The van der Waals surface area contributed by atoms with Gasteiger partial charge in [0.25, 0.3) is 0 Å². The largest absolute Gasteiger partial charge is 0.556 e. The van der Waals surface area contributed by atoms with Crippen molar-refractivity contribution in [3.63, 3.8) is 0 Å². The molecule has 8 N–H and O–H groups in total. The third-order valence-electron chi connectivity index (χ3n) is 0. The highest BCUT2D eigenvalue weighted by molar-refractivity contribution is 5.71. The van der Waals surface area contributed by atoms with E-state index in [-0.39, 0.29) is 5.96 Å². The Labute approximate surface area is 49.3 Å². The summed E-state index contributed by atoms with van der Waals surface area (Å²) in [6.07, 6.45) is -4.25. The number of alkyl halides is 3. The molecule has 0 saturated carbocycles. The second-order valence-corrected chi connectivity index (χ2v) is 1.07. The minimum absolute atomic E-state index is 0.333. The molecule has 0 fully saturated rings. The van der Waals surface area contributed by atoms with Crippen molar-refractivity contribution in [1.82, 2.24) is 0 Å². The number of hydrogen-bond donors (Lipinski definition) is 4. The van der Waals surface area contributed by atoms with Crippen LogP contribution in [0.5, 0.6) is 0 Å². The summed E-state index contributed by atoms with van der Waals surface area (Å²) < 4.78 is 30.7. The molecule has 0 aliphatic rings. The lowest BCUT2D eigenvalue weighted by molar-refractivity contribution is -0.618. The minimum Gasteiger partial charge on any atom is -0.370 e. The molecule has 0 aliphatic carbocycles. The van der Waals surface area contributed by atoms with Crippen LogP contribution >= 0.6 is 0 Å². The van der Waals surface area contributed by atoms with Crippen molar-refractivity contribution in [3.05, 3.63) is 0 Å². The van der Waals surface area contributed by atoms with Crippen molar-refractivity contribution in [2.24, 2.45) is 11.5 Å². The van der Waals surface area contributed by atoms with E-state index in [1.54, 1.807) is 5.73 Å². The zero-order valence-corrected chi connectivity index (χ0v) is 4.50. The lowest BCUT2D eigenvalue weighted by Gasteiger charge is -1.83. The first-order valence-electron chi connectivity index (χ1n) is 1.75. The standard InChI is InChI=1S/CH2F3N.CH5N3/c2-1(3,4)5;2-1(3)4/h5H2;(H5,2,3,4)/p+1. The predicted octanol–water partition coefficient (Wildman–Crippen LogP) is -1.41. The first-order valence-corrected chi connectivity index (χ1v) is 1.75. The molecule has 0 spiro atoms. The monoisotopic (exact) mass is 145 g/mol. The minimum atomic E-state index is -4.25. The molecule has 0 rings (SSSR count). The molecule has 0 aromatic heterocycles. The molecule has 0 heterocycles. The molecule has 7 heteroatoms. The molecule has 0 aromatic carbocycles. The molecule has 0 bridgehead atoms. The van der Waals surface area contributed by atoms with Crippen LogP contribution in [0.15, 0.2) is 0 Å². The van der Waals surface area contributed by atoms with Gasteiger partial charge >= 0.3 is 6.30 Å². The Kier molecular flexibility index (Phi) is 4.79. The molecule has 56 valence electrons. The smallest absolute Gasteiger partial charge is 0.370 e. The Bertz CT molecular complexity index is 76.3.